The van der Waals surface area contributed by atoms with E-state index < -0.39 is 12.2 Å². The van der Waals surface area contributed by atoms with Gasteiger partial charge < -0.3 is 24.7 Å². The number of aromatic hydroxyl groups is 1. The monoisotopic (exact) mass is 625 g/mol. The maximum atomic E-state index is 14.3. The molecule has 4 heterocycles. The molecule has 6 rings (SSSR count). The predicted octanol–water partition coefficient (Wildman–Crippen LogP) is 2.36. The molecule has 0 saturated carbocycles. The second kappa shape index (κ2) is 13.9. The number of hydrogen-bond donors (Lipinski definition) is 1. The average Bonchev–Trinajstić information content (AvgIpc) is 3.05. The molecule has 0 radical (unpaired) electrons. The molecule has 3 fully saturated rings. The summed E-state index contributed by atoms with van der Waals surface area (Å²) >= 11 is 0. The molecule has 1 unspecified atom stereocenters. The van der Waals surface area contributed by atoms with E-state index in [0.29, 0.717) is 19.4 Å². The molecular formula is C35H43N7O4. The zero-order valence-electron chi connectivity index (χ0n) is 26.7. The third-order valence-electron chi connectivity index (χ3n) is 9.29. The van der Waals surface area contributed by atoms with E-state index in [-0.39, 0.29) is 43.0 Å². The molecule has 242 valence electrons. The Labute approximate surface area is 270 Å². The fourth-order valence-electron chi connectivity index (χ4n) is 6.83. The number of nitrogens with zero attached hydrogens (tertiary/aromatic N) is 7. The molecule has 3 aliphatic heterocycles. The standard InChI is InChI=1S/C35H43N7O4/c1-37-18-20-39(21-19-37)34-28(11-7-17-36-34)23-40-24-31-41(30(35(40)46)22-27-13-15-29(43)16-14-27)33(45)25-38(2)42(31)32(44)12-6-10-26-8-4-3-5-9-26/h3-5,7-9,11,13-17,30-31,43H,6,10,12,18-25H2,1-2H3/t30-,31?/m0/s1. The van der Waals surface area contributed by atoms with Crippen molar-refractivity contribution in [1.82, 2.24) is 29.7 Å². The molecule has 0 bridgehead atoms. The molecule has 3 amide bonds. The number of fused-ring (bicyclic) bond motifs is 1. The summed E-state index contributed by atoms with van der Waals surface area (Å²) in [6.07, 6.45) is 3.20. The van der Waals surface area contributed by atoms with Crippen molar-refractivity contribution in [3.8, 4) is 5.75 Å². The minimum Gasteiger partial charge on any atom is -0.508 e. The highest BCUT2D eigenvalue weighted by Crippen LogP contribution is 2.31. The van der Waals surface area contributed by atoms with Gasteiger partial charge in [-0.25, -0.2) is 9.99 Å². The van der Waals surface area contributed by atoms with Crippen molar-refractivity contribution in [2.45, 2.75) is 44.4 Å². The highest BCUT2D eigenvalue weighted by Gasteiger charge is 2.50. The second-order valence-corrected chi connectivity index (χ2v) is 12.6. The van der Waals surface area contributed by atoms with Crippen molar-refractivity contribution in [3.05, 3.63) is 89.6 Å². The van der Waals surface area contributed by atoms with E-state index in [2.05, 4.69) is 29.0 Å². The van der Waals surface area contributed by atoms with Gasteiger partial charge in [0.25, 0.3) is 0 Å². The molecule has 2 atom stereocenters. The van der Waals surface area contributed by atoms with Gasteiger partial charge in [-0.1, -0.05) is 48.5 Å². The second-order valence-electron chi connectivity index (χ2n) is 12.6. The van der Waals surface area contributed by atoms with Gasteiger partial charge in [0, 0.05) is 64.4 Å². The lowest BCUT2D eigenvalue weighted by molar-refractivity contribution is -0.203. The number of likely N-dealkylation sites (N-methyl/N-ethyl adjacent to an activating group) is 2. The molecule has 2 aromatic carbocycles. The SMILES string of the molecule is CN1CCN(c2ncccc2CN2CC3N(C(=O)CN(C)N3C(=O)CCCc3ccccc3)[C@@H](Cc3ccc(O)cc3)C2=O)CC1. The van der Waals surface area contributed by atoms with Gasteiger partial charge in [-0.3, -0.25) is 19.4 Å². The molecule has 11 heteroatoms. The number of anilines is 1. The number of rotatable bonds is 9. The minimum absolute atomic E-state index is 0.0104. The average molecular weight is 626 g/mol. The molecule has 1 N–H and O–H groups in total. The fourth-order valence-corrected chi connectivity index (χ4v) is 6.83. The first-order chi connectivity index (χ1) is 22.3. The third-order valence-corrected chi connectivity index (χ3v) is 9.29. The quantitative estimate of drug-likeness (QED) is 0.387. The number of amides is 3. The van der Waals surface area contributed by atoms with Gasteiger partial charge >= 0.3 is 0 Å². The van der Waals surface area contributed by atoms with E-state index in [9.17, 15) is 19.5 Å². The number of aryl methyl sites for hydroxylation is 1. The van der Waals surface area contributed by atoms with E-state index in [4.69, 9.17) is 4.98 Å². The van der Waals surface area contributed by atoms with Crippen LogP contribution in [0.3, 0.4) is 0 Å². The normalized spacial score (nSPS) is 21.1. The predicted molar refractivity (Wildman–Crippen MR) is 174 cm³/mol. The molecule has 3 aliphatic rings. The van der Waals surface area contributed by atoms with Gasteiger partial charge in [-0.2, -0.15) is 0 Å². The van der Waals surface area contributed by atoms with E-state index in [1.807, 2.05) is 30.3 Å². The fraction of sp³-hybridized carbons (Fsp3) is 0.429. The maximum Gasteiger partial charge on any atom is 0.246 e. The van der Waals surface area contributed by atoms with Gasteiger partial charge in [0.05, 0.1) is 13.1 Å². The molecule has 0 aliphatic carbocycles. The number of piperazine rings is 2. The first-order valence-electron chi connectivity index (χ1n) is 16.1. The Morgan fingerprint density at radius 2 is 1.65 bits per heavy atom. The summed E-state index contributed by atoms with van der Waals surface area (Å²) in [4.78, 5) is 54.6. The van der Waals surface area contributed by atoms with Crippen LogP contribution in [0.2, 0.25) is 0 Å². The first kappa shape index (κ1) is 31.5. The lowest BCUT2D eigenvalue weighted by Crippen LogP contribution is -2.75. The number of carbonyl (C=O) groups is 3. The minimum atomic E-state index is -0.798. The van der Waals surface area contributed by atoms with Crippen LogP contribution in [0.25, 0.3) is 0 Å². The topological polar surface area (TPSA) is 104 Å². The number of phenolic OH excluding ortho intramolecular Hbond substituents is 1. The van der Waals surface area contributed by atoms with Gasteiger partial charge in [-0.05, 0) is 49.2 Å². The van der Waals surface area contributed by atoms with Crippen molar-refractivity contribution >= 4 is 23.5 Å². The van der Waals surface area contributed by atoms with Crippen LogP contribution in [-0.4, -0.2) is 118 Å². The number of benzene rings is 2. The van der Waals surface area contributed by atoms with Crippen LogP contribution >= 0.6 is 0 Å². The van der Waals surface area contributed by atoms with Crippen LogP contribution in [0.1, 0.15) is 29.5 Å². The Hall–Kier alpha value is -4.48. The molecule has 11 nitrogen and oxygen atoms in total. The van der Waals surface area contributed by atoms with Crippen molar-refractivity contribution in [2.24, 2.45) is 0 Å². The summed E-state index contributed by atoms with van der Waals surface area (Å²) in [5, 5.41) is 13.3. The lowest BCUT2D eigenvalue weighted by atomic mass is 9.98. The number of pyridine rings is 1. The van der Waals surface area contributed by atoms with Crippen LogP contribution < -0.4 is 4.90 Å². The number of hydrogen-bond acceptors (Lipinski definition) is 8. The zero-order chi connectivity index (χ0) is 32.2. The Balaban J connectivity index is 1.28. The van der Waals surface area contributed by atoms with Crippen molar-refractivity contribution < 1.29 is 19.5 Å². The summed E-state index contributed by atoms with van der Waals surface area (Å²) in [5.74, 6) is 0.586. The summed E-state index contributed by atoms with van der Waals surface area (Å²) in [6.45, 7) is 4.08. The van der Waals surface area contributed by atoms with E-state index in [0.717, 1.165) is 49.5 Å². The third kappa shape index (κ3) is 6.85. The van der Waals surface area contributed by atoms with Crippen LogP contribution in [0, 0.1) is 0 Å². The van der Waals surface area contributed by atoms with Gasteiger partial charge in [0.1, 0.15) is 23.8 Å². The summed E-state index contributed by atoms with van der Waals surface area (Å²) in [5.41, 5.74) is 2.94. The van der Waals surface area contributed by atoms with Gasteiger partial charge in [0.2, 0.25) is 17.7 Å². The number of phenols is 1. The van der Waals surface area contributed by atoms with Crippen molar-refractivity contribution in [1.29, 1.82) is 0 Å². The number of carbonyl (C=O) groups excluding carboxylic acids is 3. The summed E-state index contributed by atoms with van der Waals surface area (Å²) in [7, 11) is 3.88. The molecule has 3 saturated heterocycles. The molecule has 0 spiro atoms. The van der Waals surface area contributed by atoms with E-state index in [1.54, 1.807) is 57.3 Å². The van der Waals surface area contributed by atoms with Gasteiger partial charge in [-0.15, -0.1) is 0 Å². The van der Waals surface area contributed by atoms with Crippen LogP contribution in [0.5, 0.6) is 5.75 Å². The lowest BCUT2D eigenvalue weighted by Gasteiger charge is -2.54. The molecular weight excluding hydrogens is 582 g/mol. The first-order valence-corrected chi connectivity index (χ1v) is 16.1. The van der Waals surface area contributed by atoms with E-state index in [1.165, 1.54) is 5.56 Å². The number of hydrazine groups is 1. The molecule has 3 aromatic rings. The summed E-state index contributed by atoms with van der Waals surface area (Å²) in [6, 6.07) is 19.9. The number of aromatic nitrogens is 1. The van der Waals surface area contributed by atoms with Crippen LogP contribution in [0.4, 0.5) is 5.82 Å². The Bertz CT molecular complexity index is 1530. The summed E-state index contributed by atoms with van der Waals surface area (Å²) < 4.78 is 0. The van der Waals surface area contributed by atoms with Crippen molar-refractivity contribution in [2.75, 3.05) is 58.3 Å². The molecule has 46 heavy (non-hydrogen) atoms. The Morgan fingerprint density at radius 3 is 2.39 bits per heavy atom. The maximum absolute atomic E-state index is 14.3. The molecule has 1 aromatic heterocycles. The van der Waals surface area contributed by atoms with Crippen molar-refractivity contribution in [3.63, 3.8) is 0 Å². The highest BCUT2D eigenvalue weighted by molar-refractivity contribution is 5.92. The smallest absolute Gasteiger partial charge is 0.246 e. The van der Waals surface area contributed by atoms with Crippen LogP contribution in [0.15, 0.2) is 72.9 Å². The van der Waals surface area contributed by atoms with Gasteiger partial charge in [0.15, 0.2) is 0 Å². The van der Waals surface area contributed by atoms with Crippen LogP contribution in [-0.2, 0) is 33.8 Å². The highest BCUT2D eigenvalue weighted by atomic mass is 16.3. The largest absolute Gasteiger partial charge is 0.508 e. The Kier molecular flexibility index (Phi) is 9.51. The Morgan fingerprint density at radius 1 is 0.913 bits per heavy atom. The zero-order valence-corrected chi connectivity index (χ0v) is 26.7. The van der Waals surface area contributed by atoms with E-state index >= 15 is 0 Å².